The fourth-order valence-electron chi connectivity index (χ4n) is 3.21. The number of hydrogen-bond donors (Lipinski definition) is 1. The quantitative estimate of drug-likeness (QED) is 0.459. The smallest absolute Gasteiger partial charge is 0.306 e. The van der Waals surface area contributed by atoms with Gasteiger partial charge < -0.3 is 14.8 Å². The Bertz CT molecular complexity index is 996. The zero-order chi connectivity index (χ0) is 22.4. The molecule has 2 aromatic rings. The fraction of sp³-hybridized carbons (Fsp3) is 0.333. The number of esters is 1. The number of hydrogen-bond acceptors (Lipinski definition) is 6. The largest absolute Gasteiger partial charge is 0.494 e. The molecule has 1 amide bonds. The maximum atomic E-state index is 12.3. The van der Waals surface area contributed by atoms with E-state index >= 15 is 0 Å². The van der Waals surface area contributed by atoms with Crippen LogP contribution in [0.5, 0.6) is 5.75 Å². The average Bonchev–Trinajstić information content (AvgIpc) is 3.07. The first-order valence-corrected chi connectivity index (χ1v) is 10.3. The van der Waals surface area contributed by atoms with Crippen LogP contribution in [0.4, 0.5) is 5.69 Å². The molecule has 0 fully saturated rings. The van der Waals surface area contributed by atoms with E-state index in [4.69, 9.17) is 9.47 Å². The molecule has 2 aromatic carbocycles. The van der Waals surface area contributed by atoms with Gasteiger partial charge in [-0.2, -0.15) is 0 Å². The molecule has 1 aliphatic rings. The van der Waals surface area contributed by atoms with Crippen LogP contribution in [0.15, 0.2) is 42.5 Å². The summed E-state index contributed by atoms with van der Waals surface area (Å²) >= 11 is 0. The van der Waals surface area contributed by atoms with E-state index in [1.807, 2.05) is 6.92 Å². The Morgan fingerprint density at radius 2 is 1.68 bits per heavy atom. The lowest BCUT2D eigenvalue weighted by Gasteiger charge is -2.07. The lowest BCUT2D eigenvalue weighted by Crippen LogP contribution is -2.15. The van der Waals surface area contributed by atoms with Gasteiger partial charge >= 0.3 is 5.97 Å². The average molecular weight is 423 g/mol. The van der Waals surface area contributed by atoms with E-state index in [1.54, 1.807) is 49.4 Å². The molecule has 1 N–H and O–H groups in total. The van der Waals surface area contributed by atoms with Gasteiger partial charge in [0.05, 0.1) is 18.9 Å². The molecule has 0 saturated carbocycles. The topological polar surface area (TPSA) is 98.8 Å². The number of rotatable bonds is 10. The summed E-state index contributed by atoms with van der Waals surface area (Å²) in [5, 5.41) is 2.74. The monoisotopic (exact) mass is 423 g/mol. The van der Waals surface area contributed by atoms with E-state index in [0.29, 0.717) is 29.2 Å². The van der Waals surface area contributed by atoms with Crippen molar-refractivity contribution in [2.75, 3.05) is 18.5 Å². The molecule has 7 nitrogen and oxygen atoms in total. The minimum atomic E-state index is -0.615. The second kappa shape index (κ2) is 10.0. The molecular weight excluding hydrogens is 398 g/mol. The van der Waals surface area contributed by atoms with Crippen molar-refractivity contribution in [3.8, 4) is 5.75 Å². The summed E-state index contributed by atoms with van der Waals surface area (Å²) in [6.07, 6.45) is 0.778. The lowest BCUT2D eigenvalue weighted by molar-refractivity contribution is -0.142. The minimum Gasteiger partial charge on any atom is -0.494 e. The summed E-state index contributed by atoms with van der Waals surface area (Å²) in [5.41, 5.74) is 2.30. The van der Waals surface area contributed by atoms with Gasteiger partial charge in [-0.25, -0.2) is 0 Å². The number of amides is 1. The van der Waals surface area contributed by atoms with E-state index in [2.05, 4.69) is 5.32 Å². The zero-order valence-corrected chi connectivity index (χ0v) is 17.6. The van der Waals surface area contributed by atoms with Gasteiger partial charge in [0.2, 0.25) is 5.91 Å². The third-order valence-electron chi connectivity index (χ3n) is 5.06. The Kier molecular flexibility index (Phi) is 7.18. The van der Waals surface area contributed by atoms with Crippen molar-refractivity contribution in [1.82, 2.24) is 0 Å². The van der Waals surface area contributed by atoms with E-state index in [9.17, 15) is 19.2 Å². The number of carbonyl (C=O) groups excluding carboxylic acids is 4. The van der Waals surface area contributed by atoms with Gasteiger partial charge in [-0.05, 0) is 61.4 Å². The van der Waals surface area contributed by atoms with Crippen LogP contribution in [0, 0.1) is 0 Å². The van der Waals surface area contributed by atoms with Crippen LogP contribution in [0.2, 0.25) is 0 Å². The molecule has 3 rings (SSSR count). The van der Waals surface area contributed by atoms with Crippen LogP contribution < -0.4 is 10.1 Å². The first-order valence-electron chi connectivity index (χ1n) is 10.3. The standard InChI is InChI=1S/C24H25NO6/c1-3-12-30-18-7-4-16(5-8-18)21(26)10-11-23(28)31-14-22(27)17-6-9-20-19(13-17)15(2)24(29)25-20/h4-9,13,15H,3,10-12,14H2,1-2H3,(H,25,29)/t15-/m0/s1. The number of nitrogens with one attached hydrogen (secondary N) is 1. The Morgan fingerprint density at radius 3 is 2.39 bits per heavy atom. The van der Waals surface area contributed by atoms with Gasteiger partial charge in [0.1, 0.15) is 5.75 Å². The molecule has 7 heteroatoms. The van der Waals surface area contributed by atoms with E-state index in [-0.39, 0.29) is 36.2 Å². The first-order chi connectivity index (χ1) is 14.9. The molecule has 1 aliphatic heterocycles. The summed E-state index contributed by atoms with van der Waals surface area (Å²) in [6.45, 7) is 3.97. The van der Waals surface area contributed by atoms with Gasteiger partial charge in [-0.1, -0.05) is 6.92 Å². The van der Waals surface area contributed by atoms with E-state index < -0.39 is 12.6 Å². The summed E-state index contributed by atoms with van der Waals surface area (Å²) in [6, 6.07) is 11.7. The zero-order valence-electron chi connectivity index (χ0n) is 17.6. The number of benzene rings is 2. The molecule has 1 heterocycles. The van der Waals surface area contributed by atoms with Crippen LogP contribution >= 0.6 is 0 Å². The number of carbonyl (C=O) groups is 4. The Hall–Kier alpha value is -3.48. The summed E-state index contributed by atoms with van der Waals surface area (Å²) in [7, 11) is 0. The molecule has 162 valence electrons. The predicted molar refractivity (Wildman–Crippen MR) is 115 cm³/mol. The number of Topliss-reactive ketones (excluding diaryl/α,β-unsaturated/α-hetero) is 2. The number of fused-ring (bicyclic) bond motifs is 1. The second-order valence-electron chi connectivity index (χ2n) is 7.39. The van der Waals surface area contributed by atoms with Crippen molar-refractivity contribution in [2.45, 2.75) is 39.0 Å². The molecule has 31 heavy (non-hydrogen) atoms. The number of anilines is 1. The van der Waals surface area contributed by atoms with Gasteiger partial charge in [0, 0.05) is 23.2 Å². The highest BCUT2D eigenvalue weighted by Gasteiger charge is 2.27. The van der Waals surface area contributed by atoms with E-state index in [1.165, 1.54) is 0 Å². The van der Waals surface area contributed by atoms with Crippen molar-refractivity contribution >= 4 is 29.1 Å². The van der Waals surface area contributed by atoms with Crippen LogP contribution in [-0.4, -0.2) is 36.7 Å². The molecule has 0 radical (unpaired) electrons. The maximum Gasteiger partial charge on any atom is 0.306 e. The first kappa shape index (κ1) is 22.2. The molecule has 0 aliphatic carbocycles. The van der Waals surface area contributed by atoms with Crippen LogP contribution in [-0.2, 0) is 14.3 Å². The van der Waals surface area contributed by atoms with Crippen molar-refractivity contribution < 1.29 is 28.7 Å². The SMILES string of the molecule is CCCOc1ccc(C(=O)CCC(=O)OCC(=O)c2ccc3c(c2)[C@H](C)C(=O)N3)cc1. The summed E-state index contributed by atoms with van der Waals surface area (Å²) in [4.78, 5) is 48.3. The molecule has 0 aromatic heterocycles. The lowest BCUT2D eigenvalue weighted by atomic mass is 9.99. The number of ketones is 2. The Labute approximate surface area is 180 Å². The fourth-order valence-corrected chi connectivity index (χ4v) is 3.21. The Morgan fingerprint density at radius 1 is 0.968 bits per heavy atom. The maximum absolute atomic E-state index is 12.3. The van der Waals surface area contributed by atoms with Crippen LogP contribution in [0.3, 0.4) is 0 Å². The molecule has 1 atom stereocenters. The minimum absolute atomic E-state index is 0.00761. The third-order valence-corrected chi connectivity index (χ3v) is 5.06. The molecule has 0 unspecified atom stereocenters. The Balaban J connectivity index is 1.45. The van der Waals surface area contributed by atoms with E-state index in [0.717, 1.165) is 12.0 Å². The van der Waals surface area contributed by atoms with Gasteiger partial charge in [0.25, 0.3) is 0 Å². The van der Waals surface area contributed by atoms with Crippen molar-refractivity contribution in [2.24, 2.45) is 0 Å². The molecule has 0 spiro atoms. The van der Waals surface area contributed by atoms with Crippen LogP contribution in [0.1, 0.15) is 65.3 Å². The van der Waals surface area contributed by atoms with Crippen molar-refractivity contribution in [1.29, 1.82) is 0 Å². The van der Waals surface area contributed by atoms with Gasteiger partial charge in [-0.3, -0.25) is 19.2 Å². The summed E-state index contributed by atoms with van der Waals surface area (Å²) in [5.74, 6) is -0.914. The van der Waals surface area contributed by atoms with Crippen LogP contribution in [0.25, 0.3) is 0 Å². The van der Waals surface area contributed by atoms with Crippen molar-refractivity contribution in [3.05, 3.63) is 59.2 Å². The van der Waals surface area contributed by atoms with Gasteiger partial charge in [-0.15, -0.1) is 0 Å². The third kappa shape index (κ3) is 5.57. The molecule has 0 bridgehead atoms. The van der Waals surface area contributed by atoms with Gasteiger partial charge in [0.15, 0.2) is 18.2 Å². The highest BCUT2D eigenvalue weighted by molar-refractivity contribution is 6.05. The highest BCUT2D eigenvalue weighted by Crippen LogP contribution is 2.32. The second-order valence-corrected chi connectivity index (χ2v) is 7.39. The summed E-state index contributed by atoms with van der Waals surface area (Å²) < 4.78 is 10.5. The normalized spacial score (nSPS) is 14.5. The van der Waals surface area contributed by atoms with Crippen molar-refractivity contribution in [3.63, 3.8) is 0 Å². The molecule has 0 saturated heterocycles. The predicted octanol–water partition coefficient (Wildman–Crippen LogP) is 3.92. The molecular formula is C24H25NO6. The number of ether oxygens (including phenoxy) is 2. The highest BCUT2D eigenvalue weighted by atomic mass is 16.5.